The Hall–Kier alpha value is -0.960. The highest BCUT2D eigenvalue weighted by atomic mass is 32.2. The molecule has 0 saturated carbocycles. The average molecular weight is 330 g/mol. The maximum absolute atomic E-state index is 11.9. The third-order valence-corrected chi connectivity index (χ3v) is 5.30. The Kier molecular flexibility index (Phi) is 6.37. The fraction of sp³-hybridized carbons (Fsp3) is 0.786. The number of carbonyl (C=O) groups is 1. The van der Waals surface area contributed by atoms with Crippen LogP contribution in [0.3, 0.4) is 0 Å². The van der Waals surface area contributed by atoms with E-state index in [-0.39, 0.29) is 5.91 Å². The van der Waals surface area contributed by atoms with Crippen LogP contribution in [0, 0.1) is 0 Å². The number of carbonyl (C=O) groups excluding carboxylic acids is 1. The monoisotopic (exact) mass is 330 g/mol. The van der Waals surface area contributed by atoms with Crippen LogP contribution in [-0.2, 0) is 15.0 Å². The highest BCUT2D eigenvalue weighted by Gasteiger charge is 2.24. The average Bonchev–Trinajstić information content (AvgIpc) is 2.48. The van der Waals surface area contributed by atoms with Crippen molar-refractivity contribution in [3.63, 3.8) is 0 Å². The van der Waals surface area contributed by atoms with Gasteiger partial charge in [0.1, 0.15) is 0 Å². The molecule has 1 amide bonds. The molecule has 1 aliphatic heterocycles. The lowest BCUT2D eigenvalue weighted by molar-refractivity contribution is -0.122. The molecule has 1 heterocycles. The van der Waals surface area contributed by atoms with E-state index >= 15 is 0 Å². The lowest BCUT2D eigenvalue weighted by Gasteiger charge is -2.32. The number of nitrogens with zero attached hydrogens (tertiary/aromatic N) is 2. The summed E-state index contributed by atoms with van der Waals surface area (Å²) < 4.78 is 23.7. The highest BCUT2D eigenvalue weighted by molar-refractivity contribution is 7.86. The Morgan fingerprint density at radius 2 is 1.95 bits per heavy atom. The third-order valence-electron chi connectivity index (χ3n) is 4.21. The molecule has 22 heavy (non-hydrogen) atoms. The summed E-state index contributed by atoms with van der Waals surface area (Å²) in [5, 5.41) is 8.03. The first-order valence-electron chi connectivity index (χ1n) is 7.90. The van der Waals surface area contributed by atoms with Crippen molar-refractivity contribution in [1.82, 2.24) is 14.5 Å². The Morgan fingerprint density at radius 1 is 1.23 bits per heavy atom. The lowest BCUT2D eigenvalue weighted by atomic mass is 9.97. The van der Waals surface area contributed by atoms with Crippen LogP contribution in [0.5, 0.6) is 0 Å². The Bertz CT molecular complexity index is 510. The molecule has 3 N–H and O–H groups in total. The molecule has 0 aromatic heterocycles. The van der Waals surface area contributed by atoms with Crippen LogP contribution in [0.4, 0.5) is 0 Å². The summed E-state index contributed by atoms with van der Waals surface area (Å²) in [4.78, 5) is 13.9. The largest absolute Gasteiger partial charge is 0.355 e. The van der Waals surface area contributed by atoms with E-state index in [1.807, 2.05) is 4.90 Å². The zero-order chi connectivity index (χ0) is 16.0. The van der Waals surface area contributed by atoms with E-state index in [0.717, 1.165) is 19.3 Å². The molecule has 8 heteroatoms. The molecule has 0 unspecified atom stereocenters. The summed E-state index contributed by atoms with van der Waals surface area (Å²) >= 11 is 0. The van der Waals surface area contributed by atoms with Crippen molar-refractivity contribution in [3.05, 3.63) is 11.6 Å². The summed E-state index contributed by atoms with van der Waals surface area (Å²) in [5.41, 5.74) is 1.45. The van der Waals surface area contributed by atoms with Crippen molar-refractivity contribution in [2.75, 3.05) is 39.3 Å². The van der Waals surface area contributed by atoms with Gasteiger partial charge in [0.2, 0.25) is 5.91 Å². The van der Waals surface area contributed by atoms with Gasteiger partial charge in [0.05, 0.1) is 6.54 Å². The summed E-state index contributed by atoms with van der Waals surface area (Å²) in [6.45, 7) is 2.77. The molecule has 1 saturated heterocycles. The zero-order valence-electron chi connectivity index (χ0n) is 13.0. The Balaban J connectivity index is 1.62. The number of hydrogen-bond donors (Lipinski definition) is 2. The number of nitrogens with two attached hydrogens (primary N) is 1. The van der Waals surface area contributed by atoms with E-state index in [4.69, 9.17) is 5.14 Å². The number of allylic oxidation sites excluding steroid dienone is 1. The van der Waals surface area contributed by atoms with Crippen LogP contribution in [0.15, 0.2) is 11.6 Å². The third kappa shape index (κ3) is 5.68. The van der Waals surface area contributed by atoms with Crippen LogP contribution in [-0.4, -0.2) is 62.8 Å². The van der Waals surface area contributed by atoms with E-state index in [1.54, 1.807) is 0 Å². The predicted octanol–water partition coefficient (Wildman–Crippen LogP) is -0.186. The van der Waals surface area contributed by atoms with Crippen LogP contribution in [0.25, 0.3) is 0 Å². The lowest BCUT2D eigenvalue weighted by Crippen LogP contribution is -2.52. The summed E-state index contributed by atoms with van der Waals surface area (Å²) in [5.74, 6) is 0.000431. The van der Waals surface area contributed by atoms with Crippen LogP contribution < -0.4 is 10.5 Å². The van der Waals surface area contributed by atoms with Gasteiger partial charge in [-0.25, -0.2) is 5.14 Å². The van der Waals surface area contributed by atoms with Gasteiger partial charge in [-0.2, -0.15) is 12.7 Å². The number of amides is 1. The van der Waals surface area contributed by atoms with Crippen molar-refractivity contribution in [1.29, 1.82) is 0 Å². The van der Waals surface area contributed by atoms with Crippen LogP contribution in [0.1, 0.15) is 32.1 Å². The van der Waals surface area contributed by atoms with Gasteiger partial charge in [-0.1, -0.05) is 11.6 Å². The molecular weight excluding hydrogens is 304 g/mol. The minimum Gasteiger partial charge on any atom is -0.355 e. The van der Waals surface area contributed by atoms with Crippen LogP contribution in [0.2, 0.25) is 0 Å². The molecule has 2 rings (SSSR count). The first-order valence-corrected chi connectivity index (χ1v) is 9.40. The van der Waals surface area contributed by atoms with Gasteiger partial charge in [0.25, 0.3) is 10.2 Å². The zero-order valence-corrected chi connectivity index (χ0v) is 13.8. The number of nitrogens with one attached hydrogen (secondary N) is 1. The summed E-state index contributed by atoms with van der Waals surface area (Å²) in [6.07, 6.45) is 8.09. The van der Waals surface area contributed by atoms with Crippen molar-refractivity contribution < 1.29 is 13.2 Å². The number of piperazine rings is 1. The molecule has 0 aromatic rings. The molecule has 1 aliphatic carbocycles. The second-order valence-electron chi connectivity index (χ2n) is 5.93. The summed E-state index contributed by atoms with van der Waals surface area (Å²) in [7, 11) is -3.60. The van der Waals surface area contributed by atoms with Crippen molar-refractivity contribution in [2.45, 2.75) is 32.1 Å². The number of rotatable bonds is 6. The topological polar surface area (TPSA) is 95.7 Å². The highest BCUT2D eigenvalue weighted by Crippen LogP contribution is 2.19. The van der Waals surface area contributed by atoms with Gasteiger partial charge in [-0.15, -0.1) is 0 Å². The quantitative estimate of drug-likeness (QED) is 0.660. The molecule has 7 nitrogen and oxygen atoms in total. The maximum Gasteiger partial charge on any atom is 0.276 e. The molecule has 2 aliphatic rings. The van der Waals surface area contributed by atoms with Crippen molar-refractivity contribution >= 4 is 16.1 Å². The Morgan fingerprint density at radius 3 is 2.55 bits per heavy atom. The standard InChI is InChI=1S/C14H26N4O3S/c15-22(20,21)18-10-8-17(9-11-18)12-14(19)16-7-6-13-4-2-1-3-5-13/h4H,1-3,5-12H2,(H,16,19)(H2,15,20,21). The van der Waals surface area contributed by atoms with Gasteiger partial charge < -0.3 is 5.32 Å². The second-order valence-corrected chi connectivity index (χ2v) is 7.47. The minimum absolute atomic E-state index is 0.000431. The molecule has 0 aromatic carbocycles. The molecule has 0 atom stereocenters. The van der Waals surface area contributed by atoms with E-state index in [0.29, 0.717) is 39.3 Å². The minimum atomic E-state index is -3.60. The second kappa shape index (κ2) is 8.05. The molecule has 0 radical (unpaired) electrons. The fourth-order valence-corrected chi connectivity index (χ4v) is 3.57. The first-order chi connectivity index (χ1) is 10.4. The van der Waals surface area contributed by atoms with E-state index in [2.05, 4.69) is 11.4 Å². The van der Waals surface area contributed by atoms with Crippen molar-refractivity contribution in [3.8, 4) is 0 Å². The van der Waals surface area contributed by atoms with E-state index in [9.17, 15) is 13.2 Å². The van der Waals surface area contributed by atoms with Gasteiger partial charge in [-0.05, 0) is 32.1 Å². The van der Waals surface area contributed by atoms with Gasteiger partial charge >= 0.3 is 0 Å². The predicted molar refractivity (Wildman–Crippen MR) is 85.3 cm³/mol. The SMILES string of the molecule is NS(=O)(=O)N1CCN(CC(=O)NCCC2=CCCCC2)CC1. The molecular formula is C14H26N4O3S. The molecule has 0 bridgehead atoms. The van der Waals surface area contributed by atoms with E-state index < -0.39 is 10.2 Å². The maximum atomic E-state index is 11.9. The van der Waals surface area contributed by atoms with Gasteiger partial charge in [0, 0.05) is 32.7 Å². The van der Waals surface area contributed by atoms with Crippen LogP contribution >= 0.6 is 0 Å². The molecule has 1 fully saturated rings. The van der Waals surface area contributed by atoms with Crippen molar-refractivity contribution in [2.24, 2.45) is 5.14 Å². The number of hydrogen-bond acceptors (Lipinski definition) is 4. The normalized spacial score (nSPS) is 21.4. The smallest absolute Gasteiger partial charge is 0.276 e. The van der Waals surface area contributed by atoms with Gasteiger partial charge in [0.15, 0.2) is 0 Å². The molecule has 0 spiro atoms. The fourth-order valence-electron chi connectivity index (χ4n) is 2.90. The first kappa shape index (κ1) is 17.4. The van der Waals surface area contributed by atoms with E-state index in [1.165, 1.54) is 22.7 Å². The molecule has 126 valence electrons. The van der Waals surface area contributed by atoms with Gasteiger partial charge in [-0.3, -0.25) is 9.69 Å². The Labute approximate surface area is 132 Å². The summed E-state index contributed by atoms with van der Waals surface area (Å²) in [6, 6.07) is 0.